The lowest BCUT2D eigenvalue weighted by molar-refractivity contribution is 0.114. The van der Waals surface area contributed by atoms with Crippen molar-refractivity contribution in [2.75, 3.05) is 26.1 Å². The average molecular weight is 323 g/mol. The van der Waals surface area contributed by atoms with Gasteiger partial charge in [-0.15, -0.1) is 0 Å². The van der Waals surface area contributed by atoms with Gasteiger partial charge in [-0.2, -0.15) is 0 Å². The molecule has 0 aliphatic carbocycles. The summed E-state index contributed by atoms with van der Waals surface area (Å²) in [6, 6.07) is 0. The molecule has 0 saturated carbocycles. The van der Waals surface area contributed by atoms with Crippen molar-refractivity contribution in [3.8, 4) is 0 Å². The lowest BCUT2D eigenvalue weighted by Gasteiger charge is -2.22. The molecule has 128 valence electrons. The van der Waals surface area contributed by atoms with Crippen LogP contribution < -0.4 is 0 Å². The summed E-state index contributed by atoms with van der Waals surface area (Å²) < 4.78 is 28.0. The highest BCUT2D eigenvalue weighted by Gasteiger charge is 2.29. The van der Waals surface area contributed by atoms with Crippen LogP contribution in [-0.2, 0) is 14.6 Å². The van der Waals surface area contributed by atoms with Gasteiger partial charge in [-0.05, 0) is 51.4 Å². The number of aliphatic hydroxyl groups is 1. The largest absolute Gasteiger partial charge is 0.396 e. The molecule has 5 heteroatoms. The van der Waals surface area contributed by atoms with E-state index in [2.05, 4.69) is 13.8 Å². The highest BCUT2D eigenvalue weighted by atomic mass is 32.2. The summed E-state index contributed by atoms with van der Waals surface area (Å²) >= 11 is 0. The molecule has 0 aromatic rings. The average Bonchev–Trinajstić information content (AvgIpc) is 2.35. The first-order chi connectivity index (χ1) is 9.52. The summed E-state index contributed by atoms with van der Waals surface area (Å²) in [6.07, 6.45) is 6.85. The zero-order valence-electron chi connectivity index (χ0n) is 14.4. The van der Waals surface area contributed by atoms with Crippen LogP contribution in [0.15, 0.2) is 0 Å². The Morgan fingerprint density at radius 1 is 0.905 bits per heavy atom. The lowest BCUT2D eigenvalue weighted by atomic mass is 9.88. The van der Waals surface area contributed by atoms with Crippen LogP contribution in [0.2, 0.25) is 0 Å². The number of ether oxygens (including phenoxy) is 1. The predicted octanol–water partition coefficient (Wildman–Crippen LogP) is 3.19. The molecule has 0 atom stereocenters. The third-order valence-corrected chi connectivity index (χ3v) is 6.35. The van der Waals surface area contributed by atoms with Gasteiger partial charge in [0.15, 0.2) is 9.84 Å². The maximum absolute atomic E-state index is 11.5. The number of aliphatic hydroxyl groups excluding tert-OH is 1. The number of hydrogen-bond acceptors (Lipinski definition) is 4. The van der Waals surface area contributed by atoms with Crippen LogP contribution >= 0.6 is 0 Å². The minimum absolute atomic E-state index is 0.0111. The Morgan fingerprint density at radius 3 is 1.81 bits per heavy atom. The molecule has 0 aliphatic heterocycles. The van der Waals surface area contributed by atoms with Crippen LogP contribution in [0.5, 0.6) is 0 Å². The van der Waals surface area contributed by atoms with E-state index >= 15 is 0 Å². The van der Waals surface area contributed by atoms with E-state index < -0.39 is 14.6 Å². The van der Waals surface area contributed by atoms with E-state index in [1.165, 1.54) is 6.26 Å². The Labute approximate surface area is 131 Å². The Morgan fingerprint density at radius 2 is 1.38 bits per heavy atom. The summed E-state index contributed by atoms with van der Waals surface area (Å²) in [4.78, 5) is 0. The molecule has 0 aromatic heterocycles. The van der Waals surface area contributed by atoms with E-state index in [9.17, 15) is 8.42 Å². The molecule has 0 unspecified atom stereocenters. The molecular weight excluding hydrogens is 288 g/mol. The second-order valence-corrected chi connectivity index (χ2v) is 10.0. The first-order valence-corrected chi connectivity index (χ1v) is 9.79. The molecule has 0 amide bonds. The van der Waals surface area contributed by atoms with E-state index in [0.717, 1.165) is 38.7 Å². The normalized spacial score (nSPS) is 13.6. The van der Waals surface area contributed by atoms with Gasteiger partial charge in [-0.1, -0.05) is 20.3 Å². The van der Waals surface area contributed by atoms with Gasteiger partial charge < -0.3 is 9.84 Å². The summed E-state index contributed by atoms with van der Waals surface area (Å²) in [6.45, 7) is 9.37. The van der Waals surface area contributed by atoms with Gasteiger partial charge in [0.1, 0.15) is 0 Å². The summed E-state index contributed by atoms with van der Waals surface area (Å²) in [5.74, 6) is 0. The standard InChI is InChI=1S/C16H34O4S/c1-15(2,14-17)10-6-8-12-20-13-9-7-11-16(3,4)21(5,18)19/h17H,6-14H2,1-5H3. The molecule has 0 heterocycles. The Kier molecular flexibility index (Phi) is 9.05. The lowest BCUT2D eigenvalue weighted by Crippen LogP contribution is -2.30. The van der Waals surface area contributed by atoms with Crippen LogP contribution in [0.3, 0.4) is 0 Å². The number of sulfone groups is 1. The SMILES string of the molecule is CC(C)(CO)CCCCOCCCCC(C)(C)S(C)(=O)=O. The van der Waals surface area contributed by atoms with Crippen LogP contribution in [0.4, 0.5) is 0 Å². The highest BCUT2D eigenvalue weighted by Crippen LogP contribution is 2.23. The van der Waals surface area contributed by atoms with E-state index in [4.69, 9.17) is 9.84 Å². The van der Waals surface area contributed by atoms with E-state index in [-0.39, 0.29) is 12.0 Å². The number of rotatable bonds is 12. The van der Waals surface area contributed by atoms with E-state index in [1.54, 1.807) is 13.8 Å². The van der Waals surface area contributed by atoms with Gasteiger partial charge in [0, 0.05) is 26.1 Å². The Bertz CT molecular complexity index is 372. The second-order valence-electron chi connectivity index (χ2n) is 7.38. The molecule has 1 N–H and O–H groups in total. The van der Waals surface area contributed by atoms with Gasteiger partial charge in [0.05, 0.1) is 4.75 Å². The minimum atomic E-state index is -2.98. The van der Waals surface area contributed by atoms with Crippen molar-refractivity contribution in [2.45, 2.75) is 71.0 Å². The summed E-state index contributed by atoms with van der Waals surface area (Å²) in [5, 5.41) is 9.14. The van der Waals surface area contributed by atoms with Gasteiger partial charge in [0.2, 0.25) is 0 Å². The molecule has 0 fully saturated rings. The fourth-order valence-corrected chi connectivity index (χ4v) is 2.44. The van der Waals surface area contributed by atoms with Crippen molar-refractivity contribution in [1.82, 2.24) is 0 Å². The molecule has 0 bridgehead atoms. The summed E-state index contributed by atoms with van der Waals surface area (Å²) in [5.41, 5.74) is 0.0111. The van der Waals surface area contributed by atoms with E-state index in [0.29, 0.717) is 13.0 Å². The van der Waals surface area contributed by atoms with Crippen molar-refractivity contribution >= 4 is 9.84 Å². The molecule has 0 rings (SSSR count). The van der Waals surface area contributed by atoms with Crippen molar-refractivity contribution < 1.29 is 18.3 Å². The smallest absolute Gasteiger partial charge is 0.152 e. The van der Waals surface area contributed by atoms with Crippen LogP contribution in [0.1, 0.15) is 66.2 Å². The molecule has 0 aromatic carbocycles. The van der Waals surface area contributed by atoms with Crippen LogP contribution in [0, 0.1) is 5.41 Å². The zero-order valence-corrected chi connectivity index (χ0v) is 15.3. The molecular formula is C16H34O4S. The minimum Gasteiger partial charge on any atom is -0.396 e. The second kappa shape index (κ2) is 9.11. The van der Waals surface area contributed by atoms with Crippen molar-refractivity contribution in [3.05, 3.63) is 0 Å². The fraction of sp³-hybridized carbons (Fsp3) is 1.00. The third kappa shape index (κ3) is 9.48. The van der Waals surface area contributed by atoms with E-state index in [1.807, 2.05) is 0 Å². The molecule has 0 saturated heterocycles. The molecule has 21 heavy (non-hydrogen) atoms. The van der Waals surface area contributed by atoms with Crippen molar-refractivity contribution in [3.63, 3.8) is 0 Å². The Hall–Kier alpha value is -0.130. The first kappa shape index (κ1) is 20.9. The first-order valence-electron chi connectivity index (χ1n) is 7.90. The zero-order chi connectivity index (χ0) is 16.6. The highest BCUT2D eigenvalue weighted by molar-refractivity contribution is 7.92. The number of hydrogen-bond donors (Lipinski definition) is 1. The third-order valence-electron chi connectivity index (χ3n) is 4.14. The summed E-state index contributed by atoms with van der Waals surface area (Å²) in [7, 11) is -2.98. The monoisotopic (exact) mass is 322 g/mol. The molecule has 0 radical (unpaired) electrons. The van der Waals surface area contributed by atoms with Crippen LogP contribution in [0.25, 0.3) is 0 Å². The Balaban J connectivity index is 3.54. The quantitative estimate of drug-likeness (QED) is 0.561. The predicted molar refractivity (Wildman–Crippen MR) is 88.3 cm³/mol. The molecule has 4 nitrogen and oxygen atoms in total. The van der Waals surface area contributed by atoms with Gasteiger partial charge in [-0.3, -0.25) is 0 Å². The van der Waals surface area contributed by atoms with Crippen LogP contribution in [-0.4, -0.2) is 44.3 Å². The van der Waals surface area contributed by atoms with Gasteiger partial charge >= 0.3 is 0 Å². The maximum Gasteiger partial charge on any atom is 0.152 e. The van der Waals surface area contributed by atoms with Gasteiger partial charge in [-0.25, -0.2) is 8.42 Å². The fourth-order valence-electron chi connectivity index (χ4n) is 1.93. The van der Waals surface area contributed by atoms with Crippen molar-refractivity contribution in [1.29, 1.82) is 0 Å². The number of unbranched alkanes of at least 4 members (excludes halogenated alkanes) is 2. The maximum atomic E-state index is 11.5. The molecule has 0 spiro atoms. The molecule has 0 aliphatic rings. The van der Waals surface area contributed by atoms with Gasteiger partial charge in [0.25, 0.3) is 0 Å². The topological polar surface area (TPSA) is 63.6 Å². The van der Waals surface area contributed by atoms with Crippen molar-refractivity contribution in [2.24, 2.45) is 5.41 Å².